The van der Waals surface area contributed by atoms with Gasteiger partial charge in [-0.2, -0.15) is 0 Å². The quantitative estimate of drug-likeness (QED) is 0.177. The van der Waals surface area contributed by atoms with Crippen molar-refractivity contribution in [3.05, 3.63) is 42.5 Å². The molecule has 0 aromatic heterocycles. The lowest BCUT2D eigenvalue weighted by Crippen LogP contribution is -2.32. The molecule has 0 heterocycles. The van der Waals surface area contributed by atoms with Gasteiger partial charge in [-0.3, -0.25) is 9.59 Å². The van der Waals surface area contributed by atoms with Crippen molar-refractivity contribution in [3.63, 3.8) is 0 Å². The Morgan fingerprint density at radius 1 is 1.17 bits per heavy atom. The number of hydrogen-bond acceptors (Lipinski definition) is 5. The molecule has 0 aliphatic rings. The zero-order chi connectivity index (χ0) is 21.5. The summed E-state index contributed by atoms with van der Waals surface area (Å²) in [4.78, 5) is 24.8. The van der Waals surface area contributed by atoms with Crippen LogP contribution in [0.15, 0.2) is 47.4 Å². The average Bonchev–Trinajstić information content (AvgIpc) is 2.73. The largest absolute Gasteiger partial charge is 0.469 e. The van der Waals surface area contributed by atoms with E-state index >= 15 is 0 Å². The Morgan fingerprint density at radius 2 is 1.90 bits per heavy atom. The van der Waals surface area contributed by atoms with Crippen LogP contribution >= 0.6 is 11.8 Å². The topological polar surface area (TPSA) is 63.6 Å². The molecule has 1 rings (SSSR count). The maximum absolute atomic E-state index is 12.4. The highest BCUT2D eigenvalue weighted by atomic mass is 32.2. The van der Waals surface area contributed by atoms with Crippen LogP contribution in [0.3, 0.4) is 0 Å². The number of ether oxygens (including phenoxy) is 1. The normalized spacial score (nSPS) is 14.5. The van der Waals surface area contributed by atoms with Crippen molar-refractivity contribution in [2.24, 2.45) is 11.8 Å². The van der Waals surface area contributed by atoms with E-state index in [1.807, 2.05) is 43.8 Å². The van der Waals surface area contributed by atoms with Crippen LogP contribution in [0.25, 0.3) is 0 Å². The molecule has 0 radical (unpaired) electrons. The number of Topliss-reactive ketones (excluding diaryl/α,β-unsaturated/α-hetero) is 1. The molecule has 0 bridgehead atoms. The molecule has 162 valence electrons. The Balaban J connectivity index is 2.42. The van der Waals surface area contributed by atoms with E-state index in [-0.39, 0.29) is 23.6 Å². The minimum absolute atomic E-state index is 0.00856. The first-order valence-corrected chi connectivity index (χ1v) is 11.6. The van der Waals surface area contributed by atoms with Gasteiger partial charge in [0.15, 0.2) is 0 Å². The van der Waals surface area contributed by atoms with Crippen LogP contribution in [0, 0.1) is 11.8 Å². The zero-order valence-corrected chi connectivity index (χ0v) is 18.8. The van der Waals surface area contributed by atoms with E-state index in [0.717, 1.165) is 31.4 Å². The first-order valence-electron chi connectivity index (χ1n) is 10.6. The molecular formula is C24H36O4S. The lowest BCUT2D eigenvalue weighted by Gasteiger charge is -2.25. The van der Waals surface area contributed by atoms with Gasteiger partial charge >= 0.3 is 5.97 Å². The van der Waals surface area contributed by atoms with Gasteiger partial charge in [-0.15, -0.1) is 11.8 Å². The van der Waals surface area contributed by atoms with Crippen molar-refractivity contribution < 1.29 is 19.4 Å². The molecule has 0 saturated carbocycles. The number of methoxy groups -OCH3 is 1. The van der Waals surface area contributed by atoms with E-state index in [1.54, 1.807) is 0 Å². The monoisotopic (exact) mass is 420 g/mol. The maximum Gasteiger partial charge on any atom is 0.305 e. The second kappa shape index (κ2) is 15.3. The first-order chi connectivity index (χ1) is 14.0. The molecule has 5 heteroatoms. The number of hydrogen-bond donors (Lipinski definition) is 1. The smallest absolute Gasteiger partial charge is 0.305 e. The Morgan fingerprint density at radius 3 is 2.55 bits per heavy atom. The van der Waals surface area contributed by atoms with Gasteiger partial charge in [0.1, 0.15) is 5.78 Å². The Hall–Kier alpha value is -1.59. The van der Waals surface area contributed by atoms with E-state index in [9.17, 15) is 14.7 Å². The second-order valence-electron chi connectivity index (χ2n) is 7.33. The molecule has 3 atom stereocenters. The van der Waals surface area contributed by atoms with Crippen LogP contribution in [0.1, 0.15) is 58.8 Å². The minimum atomic E-state index is -0.640. The highest BCUT2D eigenvalue weighted by Gasteiger charge is 2.29. The highest BCUT2D eigenvalue weighted by Crippen LogP contribution is 2.25. The fourth-order valence-electron chi connectivity index (χ4n) is 3.37. The number of allylic oxidation sites excluding steroid dienone is 2. The average molecular weight is 421 g/mol. The Bertz CT molecular complexity index is 615. The van der Waals surface area contributed by atoms with E-state index in [4.69, 9.17) is 0 Å². The van der Waals surface area contributed by atoms with Crippen molar-refractivity contribution >= 4 is 23.5 Å². The molecule has 0 aliphatic carbocycles. The number of aliphatic hydroxyl groups excluding tert-OH is 1. The molecule has 0 spiro atoms. The molecule has 4 nitrogen and oxygen atoms in total. The second-order valence-corrected chi connectivity index (χ2v) is 8.49. The standard InChI is InChI=1S/C24H36O4S/c1-4-21(25)24(22(26)16-9-6-10-17-23(27)28-3)19(2)13-11-12-18-29-20-14-7-5-8-15-20/h5,7-8,11,13-15,19,22,24,26H,4,6,9-10,12,16-18H2,1-3H3/b13-11+. The third-order valence-corrected chi connectivity index (χ3v) is 6.09. The summed E-state index contributed by atoms with van der Waals surface area (Å²) in [5.41, 5.74) is 0. The molecule has 29 heavy (non-hydrogen) atoms. The van der Waals surface area contributed by atoms with Gasteiger partial charge in [0.2, 0.25) is 0 Å². The summed E-state index contributed by atoms with van der Waals surface area (Å²) >= 11 is 1.82. The summed E-state index contributed by atoms with van der Waals surface area (Å²) in [6.45, 7) is 3.87. The summed E-state index contributed by atoms with van der Waals surface area (Å²) < 4.78 is 4.63. The molecular weight excluding hydrogens is 384 g/mol. The van der Waals surface area contributed by atoms with Crippen molar-refractivity contribution in [2.75, 3.05) is 12.9 Å². The third-order valence-electron chi connectivity index (χ3n) is 5.05. The number of ketones is 1. The van der Waals surface area contributed by atoms with Crippen LogP contribution in [-0.2, 0) is 14.3 Å². The molecule has 1 N–H and O–H groups in total. The number of thioether (sulfide) groups is 1. The molecule has 0 fully saturated rings. The zero-order valence-electron chi connectivity index (χ0n) is 18.0. The van der Waals surface area contributed by atoms with E-state index in [0.29, 0.717) is 19.3 Å². The van der Waals surface area contributed by atoms with Gasteiger partial charge < -0.3 is 9.84 Å². The predicted octanol–water partition coefficient (Wildman–Crippen LogP) is 5.44. The van der Waals surface area contributed by atoms with Crippen molar-refractivity contribution in [1.29, 1.82) is 0 Å². The summed E-state index contributed by atoms with van der Waals surface area (Å²) in [6, 6.07) is 10.3. The SMILES string of the molecule is CCC(=O)C(C(C)/C=C/CCSc1ccccc1)C(O)CCCCCC(=O)OC. The fourth-order valence-corrected chi connectivity index (χ4v) is 4.21. The summed E-state index contributed by atoms with van der Waals surface area (Å²) in [6.07, 6.45) is 8.31. The number of unbranched alkanes of at least 4 members (excludes halogenated alkanes) is 2. The van der Waals surface area contributed by atoms with Crippen molar-refractivity contribution in [3.8, 4) is 0 Å². The van der Waals surface area contributed by atoms with Crippen LogP contribution in [0.2, 0.25) is 0 Å². The van der Waals surface area contributed by atoms with Crippen LogP contribution in [-0.4, -0.2) is 35.8 Å². The first kappa shape index (κ1) is 25.4. The van der Waals surface area contributed by atoms with Crippen molar-refractivity contribution in [2.45, 2.75) is 69.8 Å². The number of carbonyl (C=O) groups excluding carboxylic acids is 2. The lowest BCUT2D eigenvalue weighted by molar-refractivity contribution is -0.140. The lowest BCUT2D eigenvalue weighted by atomic mass is 9.82. The number of rotatable bonds is 15. The molecule has 1 aromatic carbocycles. The van der Waals surface area contributed by atoms with E-state index in [2.05, 4.69) is 29.0 Å². The Labute approximate surface area is 180 Å². The molecule has 0 amide bonds. The summed E-state index contributed by atoms with van der Waals surface area (Å²) in [5.74, 6) is 0.548. The number of esters is 1. The molecule has 0 saturated heterocycles. The van der Waals surface area contributed by atoms with Crippen molar-refractivity contribution in [1.82, 2.24) is 0 Å². The van der Waals surface area contributed by atoms with Gasteiger partial charge in [-0.1, -0.05) is 57.0 Å². The fraction of sp³-hybridized carbons (Fsp3) is 0.583. The van der Waals surface area contributed by atoms with Crippen LogP contribution in [0.4, 0.5) is 0 Å². The van der Waals surface area contributed by atoms with Gasteiger partial charge in [0.25, 0.3) is 0 Å². The van der Waals surface area contributed by atoms with E-state index in [1.165, 1.54) is 12.0 Å². The van der Waals surface area contributed by atoms with Gasteiger partial charge in [0, 0.05) is 29.4 Å². The van der Waals surface area contributed by atoms with Crippen LogP contribution < -0.4 is 0 Å². The number of carbonyl (C=O) groups is 2. The Kier molecular flexibility index (Phi) is 13.4. The van der Waals surface area contributed by atoms with Gasteiger partial charge in [0.05, 0.1) is 13.2 Å². The maximum atomic E-state index is 12.4. The minimum Gasteiger partial charge on any atom is -0.469 e. The molecule has 3 unspecified atom stereocenters. The number of benzene rings is 1. The molecule has 1 aromatic rings. The highest BCUT2D eigenvalue weighted by molar-refractivity contribution is 7.99. The van der Waals surface area contributed by atoms with E-state index < -0.39 is 6.10 Å². The summed E-state index contributed by atoms with van der Waals surface area (Å²) in [5, 5.41) is 10.6. The number of aliphatic hydroxyl groups is 1. The third kappa shape index (κ3) is 10.7. The summed E-state index contributed by atoms with van der Waals surface area (Å²) in [7, 11) is 1.39. The molecule has 0 aliphatic heterocycles. The van der Waals surface area contributed by atoms with Gasteiger partial charge in [-0.25, -0.2) is 0 Å². The predicted molar refractivity (Wildman–Crippen MR) is 120 cm³/mol. The van der Waals surface area contributed by atoms with Gasteiger partial charge in [-0.05, 0) is 37.3 Å². The van der Waals surface area contributed by atoms with Crippen LogP contribution in [0.5, 0.6) is 0 Å².